The second-order valence-electron chi connectivity index (χ2n) is 7.31. The highest BCUT2D eigenvalue weighted by Crippen LogP contribution is 2.26. The summed E-state index contributed by atoms with van der Waals surface area (Å²) < 4.78 is 16.1. The predicted molar refractivity (Wildman–Crippen MR) is 119 cm³/mol. The van der Waals surface area contributed by atoms with Crippen molar-refractivity contribution in [2.24, 2.45) is 0 Å². The molecular formula is C22H20BrFN6. The van der Waals surface area contributed by atoms with Crippen LogP contribution in [0.2, 0.25) is 0 Å². The van der Waals surface area contributed by atoms with Crippen LogP contribution in [0.3, 0.4) is 0 Å². The standard InChI is InChI=1S/C22H20BrFN6/c23-17-3-7-19(8-4-17)28-9-11-29(12-10-28)21-20-13-27-30(22(20)26-15-25-21)14-16-1-5-18(24)6-2-16/h1-8,13,15H,9-12,14H2. The topological polar surface area (TPSA) is 50.1 Å². The molecular weight excluding hydrogens is 447 g/mol. The van der Waals surface area contributed by atoms with E-state index in [1.165, 1.54) is 17.8 Å². The molecule has 1 aliphatic rings. The maximum Gasteiger partial charge on any atom is 0.163 e. The smallest absolute Gasteiger partial charge is 0.163 e. The second kappa shape index (κ2) is 8.02. The molecule has 0 amide bonds. The van der Waals surface area contributed by atoms with Gasteiger partial charge in [0.05, 0.1) is 18.1 Å². The van der Waals surface area contributed by atoms with Gasteiger partial charge in [-0.05, 0) is 42.0 Å². The van der Waals surface area contributed by atoms with Crippen molar-refractivity contribution >= 4 is 38.5 Å². The van der Waals surface area contributed by atoms with Crippen LogP contribution in [-0.4, -0.2) is 45.9 Å². The van der Waals surface area contributed by atoms with E-state index in [-0.39, 0.29) is 5.82 Å². The lowest BCUT2D eigenvalue weighted by Gasteiger charge is -2.36. The van der Waals surface area contributed by atoms with E-state index in [4.69, 9.17) is 0 Å². The first kappa shape index (κ1) is 19.0. The first-order valence-corrected chi connectivity index (χ1v) is 10.6. The molecule has 0 aliphatic carbocycles. The van der Waals surface area contributed by atoms with E-state index >= 15 is 0 Å². The SMILES string of the molecule is Fc1ccc(Cn2ncc3c(N4CCN(c5ccc(Br)cc5)CC4)ncnc32)cc1. The van der Waals surface area contributed by atoms with E-state index in [1.54, 1.807) is 18.5 Å². The molecule has 0 radical (unpaired) electrons. The van der Waals surface area contributed by atoms with Crippen LogP contribution in [-0.2, 0) is 6.54 Å². The fourth-order valence-electron chi connectivity index (χ4n) is 3.84. The number of halogens is 2. The monoisotopic (exact) mass is 466 g/mol. The van der Waals surface area contributed by atoms with Gasteiger partial charge in [-0.25, -0.2) is 19.0 Å². The summed E-state index contributed by atoms with van der Waals surface area (Å²) in [5.41, 5.74) is 3.00. The summed E-state index contributed by atoms with van der Waals surface area (Å²) in [4.78, 5) is 13.7. The fourth-order valence-corrected chi connectivity index (χ4v) is 4.10. The number of piperazine rings is 1. The molecule has 5 rings (SSSR count). The normalized spacial score (nSPS) is 14.5. The Balaban J connectivity index is 1.34. The number of fused-ring (bicyclic) bond motifs is 1. The Morgan fingerprint density at radius 1 is 0.867 bits per heavy atom. The minimum absolute atomic E-state index is 0.240. The molecule has 6 nitrogen and oxygen atoms in total. The van der Waals surface area contributed by atoms with Crippen LogP contribution < -0.4 is 9.80 Å². The van der Waals surface area contributed by atoms with Crippen LogP contribution in [0.4, 0.5) is 15.9 Å². The minimum atomic E-state index is -0.240. The van der Waals surface area contributed by atoms with Crippen LogP contribution in [0.25, 0.3) is 11.0 Å². The number of hydrogen-bond acceptors (Lipinski definition) is 5. The Hall–Kier alpha value is -3.00. The van der Waals surface area contributed by atoms with Crippen molar-refractivity contribution in [3.05, 3.63) is 76.9 Å². The number of nitrogens with zero attached hydrogens (tertiary/aromatic N) is 6. The molecule has 0 atom stereocenters. The fraction of sp³-hybridized carbons (Fsp3) is 0.227. The van der Waals surface area contributed by atoms with Crippen molar-refractivity contribution in [1.82, 2.24) is 19.7 Å². The van der Waals surface area contributed by atoms with Gasteiger partial charge < -0.3 is 9.80 Å². The van der Waals surface area contributed by atoms with E-state index < -0.39 is 0 Å². The highest BCUT2D eigenvalue weighted by atomic mass is 79.9. The van der Waals surface area contributed by atoms with Gasteiger partial charge in [-0.3, -0.25) is 0 Å². The predicted octanol–water partition coefficient (Wildman–Crippen LogP) is 4.10. The summed E-state index contributed by atoms with van der Waals surface area (Å²) in [7, 11) is 0. The van der Waals surface area contributed by atoms with Crippen LogP contribution in [0.15, 0.2) is 65.5 Å². The summed E-state index contributed by atoms with van der Waals surface area (Å²) in [5.74, 6) is 0.678. The maximum absolute atomic E-state index is 13.2. The molecule has 1 saturated heterocycles. The third kappa shape index (κ3) is 3.75. The average Bonchev–Trinajstić information content (AvgIpc) is 3.19. The first-order valence-electron chi connectivity index (χ1n) is 9.84. The summed E-state index contributed by atoms with van der Waals surface area (Å²) in [6, 6.07) is 14.9. The third-order valence-electron chi connectivity index (χ3n) is 5.43. The molecule has 0 saturated carbocycles. The van der Waals surface area contributed by atoms with Crippen molar-refractivity contribution in [3.8, 4) is 0 Å². The quantitative estimate of drug-likeness (QED) is 0.453. The Bertz CT molecular complexity index is 1150. The lowest BCUT2D eigenvalue weighted by atomic mass is 10.2. The van der Waals surface area contributed by atoms with Crippen molar-refractivity contribution in [1.29, 1.82) is 0 Å². The molecule has 0 bridgehead atoms. The lowest BCUT2D eigenvalue weighted by molar-refractivity contribution is 0.625. The van der Waals surface area contributed by atoms with Crippen molar-refractivity contribution < 1.29 is 4.39 Å². The van der Waals surface area contributed by atoms with Gasteiger partial charge >= 0.3 is 0 Å². The molecule has 0 unspecified atom stereocenters. The Morgan fingerprint density at radius 2 is 1.57 bits per heavy atom. The van der Waals surface area contributed by atoms with Crippen LogP contribution in [0.1, 0.15) is 5.56 Å². The highest BCUT2D eigenvalue weighted by Gasteiger charge is 2.21. The highest BCUT2D eigenvalue weighted by molar-refractivity contribution is 9.10. The van der Waals surface area contributed by atoms with Gasteiger partial charge in [0.2, 0.25) is 0 Å². The number of rotatable bonds is 4. The molecule has 1 fully saturated rings. The molecule has 2 aromatic heterocycles. The van der Waals surface area contributed by atoms with Crippen molar-refractivity contribution in [3.63, 3.8) is 0 Å². The van der Waals surface area contributed by atoms with Gasteiger partial charge in [-0.1, -0.05) is 28.1 Å². The number of hydrogen-bond donors (Lipinski definition) is 0. The van der Waals surface area contributed by atoms with E-state index in [0.29, 0.717) is 6.54 Å². The summed E-state index contributed by atoms with van der Waals surface area (Å²) in [5, 5.41) is 5.46. The molecule has 1 aliphatic heterocycles. The van der Waals surface area contributed by atoms with Gasteiger partial charge in [0, 0.05) is 36.3 Å². The molecule has 152 valence electrons. The first-order chi connectivity index (χ1) is 14.7. The summed E-state index contributed by atoms with van der Waals surface area (Å²) >= 11 is 3.49. The zero-order valence-electron chi connectivity index (χ0n) is 16.2. The lowest BCUT2D eigenvalue weighted by Crippen LogP contribution is -2.46. The van der Waals surface area contributed by atoms with Crippen LogP contribution in [0.5, 0.6) is 0 Å². The van der Waals surface area contributed by atoms with E-state index in [1.807, 2.05) is 10.9 Å². The molecule has 2 aromatic carbocycles. The Labute approximate surface area is 182 Å². The van der Waals surface area contributed by atoms with Crippen molar-refractivity contribution in [2.45, 2.75) is 6.54 Å². The van der Waals surface area contributed by atoms with Crippen LogP contribution in [0, 0.1) is 5.82 Å². The van der Waals surface area contributed by atoms with Gasteiger partial charge in [0.15, 0.2) is 5.65 Å². The molecule has 0 N–H and O–H groups in total. The minimum Gasteiger partial charge on any atom is -0.368 e. The van der Waals surface area contributed by atoms with Gasteiger partial charge in [0.25, 0.3) is 0 Å². The van der Waals surface area contributed by atoms with Gasteiger partial charge in [0.1, 0.15) is 18.0 Å². The maximum atomic E-state index is 13.2. The van der Waals surface area contributed by atoms with Gasteiger partial charge in [-0.2, -0.15) is 5.10 Å². The zero-order chi connectivity index (χ0) is 20.5. The largest absolute Gasteiger partial charge is 0.368 e. The second-order valence-corrected chi connectivity index (χ2v) is 8.23. The van der Waals surface area contributed by atoms with E-state index in [0.717, 1.165) is 53.1 Å². The van der Waals surface area contributed by atoms with Gasteiger partial charge in [-0.15, -0.1) is 0 Å². The summed E-state index contributed by atoms with van der Waals surface area (Å²) in [6.45, 7) is 4.15. The van der Waals surface area contributed by atoms with Crippen LogP contribution >= 0.6 is 15.9 Å². The number of aromatic nitrogens is 4. The Morgan fingerprint density at radius 3 is 2.30 bits per heavy atom. The third-order valence-corrected chi connectivity index (χ3v) is 5.96. The average molecular weight is 467 g/mol. The molecule has 3 heterocycles. The molecule has 4 aromatic rings. The molecule has 8 heteroatoms. The number of anilines is 2. The van der Waals surface area contributed by atoms with E-state index in [2.05, 4.69) is 65.1 Å². The molecule has 0 spiro atoms. The number of benzene rings is 2. The van der Waals surface area contributed by atoms with E-state index in [9.17, 15) is 4.39 Å². The Kier molecular flexibility index (Phi) is 5.08. The zero-order valence-corrected chi connectivity index (χ0v) is 17.8. The summed E-state index contributed by atoms with van der Waals surface area (Å²) in [6.07, 6.45) is 3.43. The molecule has 30 heavy (non-hydrogen) atoms. The van der Waals surface area contributed by atoms with Crippen molar-refractivity contribution in [2.75, 3.05) is 36.0 Å².